The van der Waals surface area contributed by atoms with E-state index in [1.165, 1.54) is 22.3 Å². The number of rotatable bonds is 1. The van der Waals surface area contributed by atoms with Gasteiger partial charge in [0.1, 0.15) is 0 Å². The number of aromatic amines is 1. The van der Waals surface area contributed by atoms with Gasteiger partial charge in [-0.2, -0.15) is 5.10 Å². The predicted octanol–water partition coefficient (Wildman–Crippen LogP) is 4.57. The van der Waals surface area contributed by atoms with E-state index in [2.05, 4.69) is 69.1 Å². The molecule has 0 saturated heterocycles. The Morgan fingerprint density at radius 3 is 2.52 bits per heavy atom. The van der Waals surface area contributed by atoms with Crippen molar-refractivity contribution in [1.82, 2.24) is 10.2 Å². The second-order valence-electron chi connectivity index (χ2n) is 8.71. The summed E-state index contributed by atoms with van der Waals surface area (Å²) in [6, 6.07) is 8.46. The number of ketones is 1. The van der Waals surface area contributed by atoms with Gasteiger partial charge in [0.05, 0.1) is 5.69 Å². The molecule has 0 radical (unpaired) electrons. The first kappa shape index (κ1) is 16.3. The lowest BCUT2D eigenvalue weighted by Crippen LogP contribution is -2.41. The summed E-state index contributed by atoms with van der Waals surface area (Å²) >= 11 is 0. The molecule has 1 aromatic carbocycles. The van der Waals surface area contributed by atoms with Crippen LogP contribution in [0.25, 0.3) is 0 Å². The first-order valence-corrected chi connectivity index (χ1v) is 9.10. The van der Waals surface area contributed by atoms with Crippen molar-refractivity contribution in [2.75, 3.05) is 0 Å². The van der Waals surface area contributed by atoms with Crippen LogP contribution in [0.1, 0.15) is 61.7 Å². The third kappa shape index (κ3) is 2.25. The fourth-order valence-corrected chi connectivity index (χ4v) is 5.23. The van der Waals surface area contributed by atoms with Crippen LogP contribution in [0.3, 0.4) is 0 Å². The van der Waals surface area contributed by atoms with Crippen LogP contribution in [-0.2, 0) is 16.6 Å². The summed E-state index contributed by atoms with van der Waals surface area (Å²) in [5.74, 6) is 0.309. The summed E-state index contributed by atoms with van der Waals surface area (Å²) in [5.41, 5.74) is 7.75. The Morgan fingerprint density at radius 2 is 1.80 bits per heavy atom. The van der Waals surface area contributed by atoms with Gasteiger partial charge in [0.15, 0.2) is 5.78 Å². The number of aryl methyl sites for hydroxylation is 2. The number of benzene rings is 1. The average molecular weight is 334 g/mol. The number of Topliss-reactive ketones (excluding diaryl/α,β-unsaturated/α-hetero) is 1. The molecular weight excluding hydrogens is 308 g/mol. The molecule has 0 saturated carbocycles. The van der Waals surface area contributed by atoms with Crippen LogP contribution in [0.5, 0.6) is 0 Å². The van der Waals surface area contributed by atoms with E-state index in [1.54, 1.807) is 0 Å². The molecule has 1 heterocycles. The Bertz CT molecular complexity index is 916. The van der Waals surface area contributed by atoms with E-state index >= 15 is 0 Å². The number of hydrogen-bond donors (Lipinski definition) is 1. The lowest BCUT2D eigenvalue weighted by atomic mass is 9.58. The van der Waals surface area contributed by atoms with Gasteiger partial charge >= 0.3 is 0 Å². The maximum atomic E-state index is 13.3. The van der Waals surface area contributed by atoms with Gasteiger partial charge in [-0.25, -0.2) is 0 Å². The lowest BCUT2D eigenvalue weighted by molar-refractivity contribution is -0.118. The number of allylic oxidation sites excluding steroid dienone is 2. The van der Waals surface area contributed by atoms with Crippen molar-refractivity contribution in [3.63, 3.8) is 0 Å². The number of nitrogens with zero attached hydrogens (tertiary/aromatic N) is 1. The molecule has 25 heavy (non-hydrogen) atoms. The summed E-state index contributed by atoms with van der Waals surface area (Å²) in [6.45, 7) is 10.8. The molecule has 0 amide bonds. The van der Waals surface area contributed by atoms with Gasteiger partial charge in [-0.1, -0.05) is 43.7 Å². The van der Waals surface area contributed by atoms with Crippen LogP contribution in [0.2, 0.25) is 0 Å². The van der Waals surface area contributed by atoms with Crippen LogP contribution < -0.4 is 0 Å². The standard InChI is InChI=1S/C22H26N2O/c1-13-8-6-7-9-16(13)22(5)19-14(2)23-24-17(19)10-15-11-21(3,4)12-18(25)20(15)22/h6-9H,10-12H2,1-5H3,(H,23,24). The third-order valence-electron chi connectivity index (χ3n) is 6.05. The summed E-state index contributed by atoms with van der Waals surface area (Å²) < 4.78 is 0. The number of carbonyl (C=O) groups excluding carboxylic acids is 1. The summed E-state index contributed by atoms with van der Waals surface area (Å²) in [6.07, 6.45) is 2.39. The van der Waals surface area contributed by atoms with Crippen LogP contribution in [0, 0.1) is 19.3 Å². The Hall–Kier alpha value is -2.16. The number of H-pyrrole nitrogens is 1. The Morgan fingerprint density at radius 1 is 1.08 bits per heavy atom. The molecule has 3 heteroatoms. The Labute approximate surface area is 149 Å². The highest BCUT2D eigenvalue weighted by Crippen LogP contribution is 2.53. The van der Waals surface area contributed by atoms with E-state index in [0.717, 1.165) is 29.8 Å². The van der Waals surface area contributed by atoms with Crippen LogP contribution in [0.15, 0.2) is 35.4 Å². The van der Waals surface area contributed by atoms with E-state index in [1.807, 2.05) is 0 Å². The van der Waals surface area contributed by atoms with E-state index < -0.39 is 5.41 Å². The molecular formula is C22H26N2O. The van der Waals surface area contributed by atoms with Crippen molar-refractivity contribution in [3.05, 3.63) is 63.5 Å². The van der Waals surface area contributed by atoms with Gasteiger partial charge in [0.25, 0.3) is 0 Å². The molecule has 4 rings (SSSR count). The predicted molar refractivity (Wildman–Crippen MR) is 99.7 cm³/mol. The molecule has 1 atom stereocenters. The normalized spacial score (nSPS) is 24.9. The maximum Gasteiger partial charge on any atom is 0.160 e. The summed E-state index contributed by atoms with van der Waals surface area (Å²) in [4.78, 5) is 13.3. The molecule has 1 unspecified atom stereocenters. The van der Waals surface area contributed by atoms with Gasteiger partial charge in [0, 0.05) is 35.1 Å². The molecule has 2 aliphatic rings. The second kappa shape index (κ2) is 5.17. The topological polar surface area (TPSA) is 45.8 Å². The first-order valence-electron chi connectivity index (χ1n) is 9.10. The number of nitrogens with one attached hydrogen (secondary N) is 1. The maximum absolute atomic E-state index is 13.3. The van der Waals surface area contributed by atoms with Gasteiger partial charge < -0.3 is 0 Å². The number of aromatic nitrogens is 2. The number of carbonyl (C=O) groups is 1. The van der Waals surface area contributed by atoms with Crippen LogP contribution in [-0.4, -0.2) is 16.0 Å². The zero-order chi connectivity index (χ0) is 18.0. The van der Waals surface area contributed by atoms with Crippen molar-refractivity contribution in [1.29, 1.82) is 0 Å². The SMILES string of the molecule is Cc1ccccc1C1(C)C2=C(Cc3n[nH]c(C)c31)CC(C)(C)CC2=O. The second-order valence-corrected chi connectivity index (χ2v) is 8.71. The molecule has 1 aromatic heterocycles. The molecule has 0 bridgehead atoms. The molecule has 3 nitrogen and oxygen atoms in total. The minimum absolute atomic E-state index is 0.0331. The fraction of sp³-hybridized carbons (Fsp3) is 0.455. The zero-order valence-corrected chi connectivity index (χ0v) is 15.8. The van der Waals surface area contributed by atoms with Crippen LogP contribution >= 0.6 is 0 Å². The van der Waals surface area contributed by atoms with Crippen molar-refractivity contribution in [2.24, 2.45) is 5.41 Å². The number of hydrogen-bond acceptors (Lipinski definition) is 2. The van der Waals surface area contributed by atoms with Gasteiger partial charge in [0.2, 0.25) is 0 Å². The van der Waals surface area contributed by atoms with Crippen molar-refractivity contribution < 1.29 is 4.79 Å². The molecule has 0 aliphatic heterocycles. The van der Waals surface area contributed by atoms with E-state index in [0.29, 0.717) is 12.2 Å². The molecule has 2 aliphatic carbocycles. The molecule has 130 valence electrons. The van der Waals surface area contributed by atoms with E-state index in [4.69, 9.17) is 0 Å². The largest absolute Gasteiger partial charge is 0.294 e. The van der Waals surface area contributed by atoms with Crippen molar-refractivity contribution in [3.8, 4) is 0 Å². The van der Waals surface area contributed by atoms with Crippen molar-refractivity contribution >= 4 is 5.78 Å². The van der Waals surface area contributed by atoms with Crippen LogP contribution in [0.4, 0.5) is 0 Å². The highest BCUT2D eigenvalue weighted by atomic mass is 16.1. The minimum Gasteiger partial charge on any atom is -0.294 e. The van der Waals surface area contributed by atoms with Gasteiger partial charge in [-0.15, -0.1) is 0 Å². The van der Waals surface area contributed by atoms with E-state index in [-0.39, 0.29) is 5.41 Å². The highest BCUT2D eigenvalue weighted by Gasteiger charge is 2.49. The van der Waals surface area contributed by atoms with Crippen molar-refractivity contribution in [2.45, 2.75) is 59.3 Å². The minimum atomic E-state index is -0.418. The summed E-state index contributed by atoms with van der Waals surface area (Å²) in [5, 5.41) is 7.78. The fourth-order valence-electron chi connectivity index (χ4n) is 5.23. The third-order valence-corrected chi connectivity index (χ3v) is 6.05. The Balaban J connectivity index is 2.05. The van der Waals surface area contributed by atoms with Gasteiger partial charge in [-0.05, 0) is 43.7 Å². The molecule has 0 spiro atoms. The molecule has 0 fully saturated rings. The summed E-state index contributed by atoms with van der Waals surface area (Å²) in [7, 11) is 0. The molecule has 2 aromatic rings. The highest BCUT2D eigenvalue weighted by molar-refractivity contribution is 6.01. The lowest BCUT2D eigenvalue weighted by Gasteiger charge is -2.44. The average Bonchev–Trinajstić information content (AvgIpc) is 2.87. The van der Waals surface area contributed by atoms with Gasteiger partial charge in [-0.3, -0.25) is 9.89 Å². The smallest absolute Gasteiger partial charge is 0.160 e. The number of fused-ring (bicyclic) bond motifs is 1. The first-order chi connectivity index (χ1) is 11.7. The zero-order valence-electron chi connectivity index (χ0n) is 15.8. The monoisotopic (exact) mass is 334 g/mol. The molecule has 1 N–H and O–H groups in total. The quantitative estimate of drug-likeness (QED) is 0.830. The Kier molecular flexibility index (Phi) is 3.37. The van der Waals surface area contributed by atoms with E-state index in [9.17, 15) is 4.79 Å².